The van der Waals surface area contributed by atoms with Gasteiger partial charge in [0.25, 0.3) is 0 Å². The van der Waals surface area contributed by atoms with Crippen LogP contribution in [0.15, 0.2) is 30.6 Å². The van der Waals surface area contributed by atoms with Crippen LogP contribution in [-0.4, -0.2) is 14.8 Å². The number of hydrogen-bond donors (Lipinski definition) is 2. The number of nitrogens with one attached hydrogen (secondary N) is 1. The Hall–Kier alpha value is -1.72. The van der Waals surface area contributed by atoms with Gasteiger partial charge in [0, 0.05) is 19.1 Å². The SMILES string of the molecule is CC(NC1CC(N)c2ccccc21)c1nncn1C. The zero-order valence-corrected chi connectivity index (χ0v) is 11.2. The fourth-order valence-electron chi connectivity index (χ4n) is 2.89. The lowest BCUT2D eigenvalue weighted by molar-refractivity contribution is 0.427. The molecule has 19 heavy (non-hydrogen) atoms. The van der Waals surface area contributed by atoms with Gasteiger partial charge in [-0.2, -0.15) is 0 Å². The van der Waals surface area contributed by atoms with E-state index >= 15 is 0 Å². The van der Waals surface area contributed by atoms with Crippen molar-refractivity contribution in [3.63, 3.8) is 0 Å². The Kier molecular flexibility index (Phi) is 3.08. The lowest BCUT2D eigenvalue weighted by Gasteiger charge is -2.19. The molecule has 1 aliphatic carbocycles. The Balaban J connectivity index is 1.80. The van der Waals surface area contributed by atoms with E-state index < -0.39 is 0 Å². The largest absolute Gasteiger partial charge is 0.324 e. The van der Waals surface area contributed by atoms with Crippen LogP contribution in [0.2, 0.25) is 0 Å². The van der Waals surface area contributed by atoms with E-state index in [-0.39, 0.29) is 18.1 Å². The van der Waals surface area contributed by atoms with Gasteiger partial charge in [-0.05, 0) is 24.5 Å². The Morgan fingerprint density at radius 1 is 1.37 bits per heavy atom. The van der Waals surface area contributed by atoms with E-state index in [1.165, 1.54) is 11.1 Å². The van der Waals surface area contributed by atoms with Crippen LogP contribution < -0.4 is 11.1 Å². The third-order valence-corrected chi connectivity index (χ3v) is 3.85. The van der Waals surface area contributed by atoms with Gasteiger partial charge in [-0.1, -0.05) is 24.3 Å². The molecule has 1 aromatic carbocycles. The van der Waals surface area contributed by atoms with Crippen LogP contribution in [0.1, 0.15) is 48.4 Å². The molecule has 1 aliphatic rings. The highest BCUT2D eigenvalue weighted by Crippen LogP contribution is 2.38. The molecular formula is C14H19N5. The number of benzene rings is 1. The van der Waals surface area contributed by atoms with Crippen molar-refractivity contribution >= 4 is 0 Å². The van der Waals surface area contributed by atoms with Crippen LogP contribution in [0.3, 0.4) is 0 Å². The standard InChI is InChI=1S/C14H19N5/c1-9(14-18-16-8-19(14)2)17-13-7-12(15)10-5-3-4-6-11(10)13/h3-6,8-9,12-13,17H,7,15H2,1-2H3. The maximum absolute atomic E-state index is 6.19. The summed E-state index contributed by atoms with van der Waals surface area (Å²) in [4.78, 5) is 0. The Labute approximate surface area is 112 Å². The van der Waals surface area contributed by atoms with E-state index in [2.05, 4.69) is 40.6 Å². The Morgan fingerprint density at radius 3 is 2.79 bits per heavy atom. The zero-order valence-electron chi connectivity index (χ0n) is 11.2. The topological polar surface area (TPSA) is 68.8 Å². The average Bonchev–Trinajstić information content (AvgIpc) is 2.95. The molecule has 100 valence electrons. The minimum atomic E-state index is 0.125. The van der Waals surface area contributed by atoms with Crippen LogP contribution >= 0.6 is 0 Å². The van der Waals surface area contributed by atoms with Crippen molar-refractivity contribution in [1.82, 2.24) is 20.1 Å². The first-order chi connectivity index (χ1) is 9.16. The first-order valence-electron chi connectivity index (χ1n) is 6.61. The van der Waals surface area contributed by atoms with E-state index in [4.69, 9.17) is 5.73 Å². The summed E-state index contributed by atoms with van der Waals surface area (Å²) in [7, 11) is 1.96. The first-order valence-corrected chi connectivity index (χ1v) is 6.61. The molecule has 3 unspecified atom stereocenters. The first kappa shape index (κ1) is 12.3. The predicted octanol–water partition coefficient (Wildman–Crippen LogP) is 1.61. The molecular weight excluding hydrogens is 238 g/mol. The lowest BCUT2D eigenvalue weighted by Crippen LogP contribution is -2.25. The molecule has 1 aromatic heterocycles. The minimum absolute atomic E-state index is 0.125. The minimum Gasteiger partial charge on any atom is -0.324 e. The zero-order chi connectivity index (χ0) is 13.4. The van der Waals surface area contributed by atoms with Crippen molar-refractivity contribution < 1.29 is 0 Å². The highest BCUT2D eigenvalue weighted by atomic mass is 15.3. The Bertz CT molecular complexity index is 577. The maximum atomic E-state index is 6.19. The molecule has 3 N–H and O–H groups in total. The molecule has 3 rings (SSSR count). The smallest absolute Gasteiger partial charge is 0.149 e. The molecule has 5 nitrogen and oxygen atoms in total. The summed E-state index contributed by atoms with van der Waals surface area (Å²) in [6, 6.07) is 8.96. The fraction of sp³-hybridized carbons (Fsp3) is 0.429. The monoisotopic (exact) mass is 257 g/mol. The number of aryl methyl sites for hydroxylation is 1. The van der Waals surface area contributed by atoms with Gasteiger partial charge in [0.05, 0.1) is 6.04 Å². The van der Waals surface area contributed by atoms with Crippen LogP contribution in [0.4, 0.5) is 0 Å². The van der Waals surface area contributed by atoms with Crippen molar-refractivity contribution in [1.29, 1.82) is 0 Å². The summed E-state index contributed by atoms with van der Waals surface area (Å²) in [5, 5.41) is 11.7. The second kappa shape index (κ2) is 4.75. The molecule has 0 amide bonds. The average molecular weight is 257 g/mol. The number of fused-ring (bicyclic) bond motifs is 1. The number of rotatable bonds is 3. The van der Waals surface area contributed by atoms with Gasteiger partial charge in [0.15, 0.2) is 0 Å². The van der Waals surface area contributed by atoms with E-state index in [0.29, 0.717) is 0 Å². The third kappa shape index (κ3) is 2.15. The highest BCUT2D eigenvalue weighted by Gasteiger charge is 2.29. The van der Waals surface area contributed by atoms with E-state index in [0.717, 1.165) is 12.2 Å². The normalized spacial score (nSPS) is 23.3. The Morgan fingerprint density at radius 2 is 2.11 bits per heavy atom. The van der Waals surface area contributed by atoms with Crippen molar-refractivity contribution in [2.75, 3.05) is 0 Å². The van der Waals surface area contributed by atoms with Gasteiger partial charge in [-0.25, -0.2) is 0 Å². The fourth-order valence-corrected chi connectivity index (χ4v) is 2.89. The van der Waals surface area contributed by atoms with Crippen molar-refractivity contribution in [2.24, 2.45) is 12.8 Å². The van der Waals surface area contributed by atoms with Crippen molar-refractivity contribution in [2.45, 2.75) is 31.5 Å². The van der Waals surface area contributed by atoms with Gasteiger partial charge in [-0.3, -0.25) is 0 Å². The van der Waals surface area contributed by atoms with Crippen LogP contribution in [0.25, 0.3) is 0 Å². The van der Waals surface area contributed by atoms with Crippen LogP contribution in [0, 0.1) is 0 Å². The van der Waals surface area contributed by atoms with Gasteiger partial charge in [0.1, 0.15) is 12.2 Å². The lowest BCUT2D eigenvalue weighted by atomic mass is 10.1. The molecule has 2 aromatic rings. The molecule has 0 saturated heterocycles. The summed E-state index contributed by atoms with van der Waals surface area (Å²) in [6.07, 6.45) is 2.66. The van der Waals surface area contributed by atoms with Crippen molar-refractivity contribution in [3.05, 3.63) is 47.5 Å². The predicted molar refractivity (Wildman–Crippen MR) is 73.3 cm³/mol. The van der Waals surface area contributed by atoms with E-state index in [9.17, 15) is 0 Å². The molecule has 0 fully saturated rings. The summed E-state index contributed by atoms with van der Waals surface area (Å²) < 4.78 is 1.94. The van der Waals surface area contributed by atoms with Crippen LogP contribution in [0.5, 0.6) is 0 Å². The number of hydrogen-bond acceptors (Lipinski definition) is 4. The van der Waals surface area contributed by atoms with Gasteiger partial charge in [0.2, 0.25) is 0 Å². The number of aromatic nitrogens is 3. The second-order valence-electron chi connectivity index (χ2n) is 5.21. The molecule has 1 heterocycles. The number of nitrogens with two attached hydrogens (primary N) is 1. The molecule has 0 saturated carbocycles. The quantitative estimate of drug-likeness (QED) is 0.876. The summed E-state index contributed by atoms with van der Waals surface area (Å²) in [5.74, 6) is 0.943. The number of nitrogens with zero attached hydrogens (tertiary/aromatic N) is 3. The van der Waals surface area contributed by atoms with Gasteiger partial charge >= 0.3 is 0 Å². The summed E-state index contributed by atoms with van der Waals surface area (Å²) in [6.45, 7) is 2.11. The molecule has 3 atom stereocenters. The van der Waals surface area contributed by atoms with E-state index in [1.807, 2.05) is 17.7 Å². The molecule has 0 spiro atoms. The molecule has 0 aliphatic heterocycles. The molecule has 0 bridgehead atoms. The van der Waals surface area contributed by atoms with Gasteiger partial charge in [-0.15, -0.1) is 10.2 Å². The molecule has 5 heteroatoms. The maximum Gasteiger partial charge on any atom is 0.149 e. The molecule has 0 radical (unpaired) electrons. The summed E-state index contributed by atoms with van der Waals surface area (Å²) >= 11 is 0. The van der Waals surface area contributed by atoms with Crippen LogP contribution in [-0.2, 0) is 7.05 Å². The second-order valence-corrected chi connectivity index (χ2v) is 5.21. The van der Waals surface area contributed by atoms with Crippen molar-refractivity contribution in [3.8, 4) is 0 Å². The van der Waals surface area contributed by atoms with E-state index in [1.54, 1.807) is 6.33 Å². The third-order valence-electron chi connectivity index (χ3n) is 3.85. The highest BCUT2D eigenvalue weighted by molar-refractivity contribution is 5.37. The van der Waals surface area contributed by atoms with Gasteiger partial charge < -0.3 is 15.6 Å². The summed E-state index contributed by atoms with van der Waals surface area (Å²) in [5.41, 5.74) is 8.75.